The Morgan fingerprint density at radius 3 is 2.46 bits per heavy atom. The van der Waals surface area contributed by atoms with E-state index in [0.717, 1.165) is 28.2 Å². The third-order valence-electron chi connectivity index (χ3n) is 3.90. The molecule has 0 amide bonds. The highest BCUT2D eigenvalue weighted by Gasteiger charge is 2.09. The van der Waals surface area contributed by atoms with Crippen LogP contribution >= 0.6 is 11.3 Å². The second-order valence-electron chi connectivity index (χ2n) is 5.67. The minimum atomic E-state index is 0.600. The number of aromatic nitrogens is 1. The van der Waals surface area contributed by atoms with Crippen LogP contribution in [0.25, 0.3) is 22.9 Å². The zero-order chi connectivity index (χ0) is 16.9. The number of rotatable bonds is 4. The second kappa shape index (κ2) is 7.25. The number of thiazole rings is 1. The van der Waals surface area contributed by atoms with Crippen LogP contribution in [-0.2, 0) is 6.42 Å². The Labute approximate surface area is 146 Å². The lowest BCUT2D eigenvalue weighted by atomic mass is 10.1. The summed E-state index contributed by atoms with van der Waals surface area (Å²) in [6.07, 6.45) is 2.92. The topological polar surface area (TPSA) is 36.7 Å². The van der Waals surface area contributed by atoms with Crippen molar-refractivity contribution < 1.29 is 0 Å². The van der Waals surface area contributed by atoms with Crippen LogP contribution in [0.4, 0.5) is 0 Å². The van der Waals surface area contributed by atoms with E-state index in [-0.39, 0.29) is 0 Å². The Kier molecular flexibility index (Phi) is 4.88. The quantitative estimate of drug-likeness (QED) is 0.571. The van der Waals surface area contributed by atoms with Gasteiger partial charge in [0.2, 0.25) is 0 Å². The maximum absolute atomic E-state index is 9.51. The molecule has 24 heavy (non-hydrogen) atoms. The molecule has 0 aliphatic rings. The molecule has 118 valence electrons. The standard InChI is InChI=1S/C21H18N2S/c1-3-16-6-8-17(9-7-16)12-19(13-22)21-23-20(14-24-21)18-10-4-15(2)5-11-18/h4-12,14H,3H2,1-2H3/b19-12-. The van der Waals surface area contributed by atoms with E-state index in [1.165, 1.54) is 22.5 Å². The van der Waals surface area contributed by atoms with Crippen LogP contribution in [0.5, 0.6) is 0 Å². The molecule has 0 bridgehead atoms. The van der Waals surface area contributed by atoms with E-state index in [4.69, 9.17) is 0 Å². The van der Waals surface area contributed by atoms with Gasteiger partial charge in [-0.25, -0.2) is 4.98 Å². The normalized spacial score (nSPS) is 11.3. The summed E-state index contributed by atoms with van der Waals surface area (Å²) >= 11 is 1.51. The van der Waals surface area contributed by atoms with Crippen LogP contribution in [0.15, 0.2) is 53.9 Å². The van der Waals surface area contributed by atoms with Crippen LogP contribution in [-0.4, -0.2) is 4.98 Å². The van der Waals surface area contributed by atoms with Crippen molar-refractivity contribution in [3.05, 3.63) is 75.6 Å². The Morgan fingerprint density at radius 2 is 1.83 bits per heavy atom. The van der Waals surface area contributed by atoms with Crippen molar-refractivity contribution in [2.45, 2.75) is 20.3 Å². The Balaban J connectivity index is 1.90. The molecule has 0 spiro atoms. The fourth-order valence-corrected chi connectivity index (χ4v) is 3.21. The lowest BCUT2D eigenvalue weighted by Crippen LogP contribution is -1.84. The largest absolute Gasteiger partial charge is 0.235 e. The van der Waals surface area contributed by atoms with E-state index in [1.807, 2.05) is 23.6 Å². The van der Waals surface area contributed by atoms with Crippen molar-refractivity contribution >= 4 is 23.0 Å². The van der Waals surface area contributed by atoms with Gasteiger partial charge in [-0.15, -0.1) is 11.3 Å². The van der Waals surface area contributed by atoms with Crippen molar-refractivity contribution in [1.82, 2.24) is 4.98 Å². The van der Waals surface area contributed by atoms with E-state index in [0.29, 0.717) is 5.57 Å². The van der Waals surface area contributed by atoms with Crippen LogP contribution in [0.3, 0.4) is 0 Å². The minimum absolute atomic E-state index is 0.600. The van der Waals surface area contributed by atoms with E-state index >= 15 is 0 Å². The molecule has 0 aliphatic heterocycles. The van der Waals surface area contributed by atoms with Gasteiger partial charge in [-0.2, -0.15) is 5.26 Å². The molecule has 0 aliphatic carbocycles. The Hall–Kier alpha value is -2.70. The summed E-state index contributed by atoms with van der Waals surface area (Å²) in [5, 5.41) is 12.3. The molecule has 0 radical (unpaired) electrons. The Bertz CT molecular complexity index is 894. The summed E-state index contributed by atoms with van der Waals surface area (Å²) in [7, 11) is 0. The van der Waals surface area contributed by atoms with Gasteiger partial charge in [0.15, 0.2) is 0 Å². The first-order valence-corrected chi connectivity index (χ1v) is 8.81. The number of nitrogens with zero attached hydrogens (tertiary/aromatic N) is 2. The highest BCUT2D eigenvalue weighted by molar-refractivity contribution is 7.11. The third kappa shape index (κ3) is 3.61. The number of benzene rings is 2. The van der Waals surface area contributed by atoms with Crippen LogP contribution < -0.4 is 0 Å². The molecule has 0 atom stereocenters. The van der Waals surface area contributed by atoms with Crippen molar-refractivity contribution in [3.8, 4) is 17.3 Å². The van der Waals surface area contributed by atoms with E-state index in [9.17, 15) is 5.26 Å². The van der Waals surface area contributed by atoms with Crippen LogP contribution in [0, 0.1) is 18.3 Å². The van der Waals surface area contributed by atoms with Gasteiger partial charge >= 0.3 is 0 Å². The summed E-state index contributed by atoms with van der Waals surface area (Å²) in [5.41, 5.74) is 6.13. The number of hydrogen-bond acceptors (Lipinski definition) is 3. The maximum Gasteiger partial charge on any atom is 0.134 e. The van der Waals surface area contributed by atoms with Crippen LogP contribution in [0.2, 0.25) is 0 Å². The zero-order valence-electron chi connectivity index (χ0n) is 13.8. The molecule has 0 saturated carbocycles. The molecule has 0 N–H and O–H groups in total. The second-order valence-corrected chi connectivity index (χ2v) is 6.53. The first-order chi connectivity index (χ1) is 11.7. The summed E-state index contributed by atoms with van der Waals surface area (Å²) in [5.74, 6) is 0. The summed E-state index contributed by atoms with van der Waals surface area (Å²) in [6, 6.07) is 18.8. The first-order valence-electron chi connectivity index (χ1n) is 7.93. The highest BCUT2D eigenvalue weighted by Crippen LogP contribution is 2.27. The highest BCUT2D eigenvalue weighted by atomic mass is 32.1. The average molecular weight is 330 g/mol. The van der Waals surface area contributed by atoms with Crippen molar-refractivity contribution in [2.75, 3.05) is 0 Å². The van der Waals surface area contributed by atoms with Gasteiger partial charge in [0.25, 0.3) is 0 Å². The molecular weight excluding hydrogens is 312 g/mol. The Morgan fingerprint density at radius 1 is 1.12 bits per heavy atom. The lowest BCUT2D eigenvalue weighted by Gasteiger charge is -1.99. The summed E-state index contributed by atoms with van der Waals surface area (Å²) < 4.78 is 0. The molecule has 1 aromatic heterocycles. The molecular formula is C21H18N2S. The predicted octanol–water partition coefficient (Wildman–Crippen LogP) is 5.75. The molecule has 2 nitrogen and oxygen atoms in total. The van der Waals surface area contributed by atoms with Gasteiger partial charge in [0.1, 0.15) is 11.1 Å². The van der Waals surface area contributed by atoms with Gasteiger partial charge in [-0.05, 0) is 30.5 Å². The summed E-state index contributed by atoms with van der Waals surface area (Å²) in [6.45, 7) is 4.20. The summed E-state index contributed by atoms with van der Waals surface area (Å²) in [4.78, 5) is 4.64. The van der Waals surface area contributed by atoms with Gasteiger partial charge in [-0.1, -0.05) is 61.0 Å². The van der Waals surface area contributed by atoms with Crippen molar-refractivity contribution in [2.24, 2.45) is 0 Å². The third-order valence-corrected chi connectivity index (χ3v) is 4.78. The monoisotopic (exact) mass is 330 g/mol. The van der Waals surface area contributed by atoms with Gasteiger partial charge in [-0.3, -0.25) is 0 Å². The minimum Gasteiger partial charge on any atom is -0.235 e. The number of allylic oxidation sites excluding steroid dienone is 1. The average Bonchev–Trinajstić information content (AvgIpc) is 3.10. The van der Waals surface area contributed by atoms with Crippen molar-refractivity contribution in [3.63, 3.8) is 0 Å². The molecule has 2 aromatic carbocycles. The molecule has 0 saturated heterocycles. The predicted molar refractivity (Wildman–Crippen MR) is 102 cm³/mol. The van der Waals surface area contributed by atoms with E-state index in [2.05, 4.69) is 61.3 Å². The molecule has 1 heterocycles. The fraction of sp³-hybridized carbons (Fsp3) is 0.143. The van der Waals surface area contributed by atoms with Crippen molar-refractivity contribution in [1.29, 1.82) is 5.26 Å². The molecule has 0 fully saturated rings. The number of aryl methyl sites for hydroxylation is 2. The van der Waals surface area contributed by atoms with Crippen LogP contribution in [0.1, 0.15) is 28.6 Å². The van der Waals surface area contributed by atoms with Gasteiger partial charge in [0.05, 0.1) is 11.3 Å². The maximum atomic E-state index is 9.51. The smallest absolute Gasteiger partial charge is 0.134 e. The molecule has 3 rings (SSSR count). The van der Waals surface area contributed by atoms with E-state index in [1.54, 1.807) is 0 Å². The van der Waals surface area contributed by atoms with Gasteiger partial charge < -0.3 is 0 Å². The molecule has 0 unspecified atom stereocenters. The molecule has 3 aromatic rings. The lowest BCUT2D eigenvalue weighted by molar-refractivity contribution is 1.14. The van der Waals surface area contributed by atoms with E-state index < -0.39 is 0 Å². The zero-order valence-corrected chi connectivity index (χ0v) is 14.6. The first kappa shape index (κ1) is 16.2. The SMILES string of the molecule is CCc1ccc(/C=C(/C#N)c2nc(-c3ccc(C)cc3)cs2)cc1. The fourth-order valence-electron chi connectivity index (χ4n) is 2.41. The molecule has 3 heteroatoms. The van der Waals surface area contributed by atoms with Gasteiger partial charge in [0, 0.05) is 10.9 Å². The number of hydrogen-bond donors (Lipinski definition) is 0. The number of nitriles is 1.